The normalized spacial score (nSPS) is 36.3. The van der Waals surface area contributed by atoms with Crippen molar-refractivity contribution < 1.29 is 19.1 Å². The van der Waals surface area contributed by atoms with E-state index in [1.54, 1.807) is 13.0 Å². The minimum Gasteiger partial charge on any atom is -0.469 e. The molecule has 0 aliphatic heterocycles. The van der Waals surface area contributed by atoms with Crippen molar-refractivity contribution in [2.75, 3.05) is 7.11 Å². The highest BCUT2D eigenvalue weighted by Crippen LogP contribution is 2.67. The summed E-state index contributed by atoms with van der Waals surface area (Å²) < 4.78 is 5.18. The van der Waals surface area contributed by atoms with Gasteiger partial charge >= 0.3 is 5.97 Å². The second-order valence-corrected chi connectivity index (χ2v) is 15.9. The van der Waals surface area contributed by atoms with E-state index < -0.39 is 10.8 Å². The van der Waals surface area contributed by atoms with Crippen molar-refractivity contribution >= 4 is 17.5 Å². The number of hydrogen-bond acceptors (Lipinski definition) is 5. The van der Waals surface area contributed by atoms with Crippen LogP contribution in [0.3, 0.4) is 0 Å². The van der Waals surface area contributed by atoms with Crippen LogP contribution in [-0.2, 0) is 19.1 Å². The van der Waals surface area contributed by atoms with Crippen LogP contribution in [0, 0.1) is 55.7 Å². The molecule has 0 aromatic rings. The van der Waals surface area contributed by atoms with Gasteiger partial charge in [-0.05, 0) is 91.4 Å². The van der Waals surface area contributed by atoms with Gasteiger partial charge in [-0.3, -0.25) is 14.4 Å². The van der Waals surface area contributed by atoms with Gasteiger partial charge in [0.25, 0.3) is 0 Å². The summed E-state index contributed by atoms with van der Waals surface area (Å²) in [5.41, 5.74) is -0.408. The van der Waals surface area contributed by atoms with E-state index in [1.165, 1.54) is 7.11 Å². The SMILES string of the molecule is COC(=O)C[C@]1(CCC(C)(C)[C@]2(C)CC[C@H]3C(C)(C)C(=O)C(C#N)=C[C@]3(C)/C2=C/C(C)=O)CCC(C)(C)CC1C. The largest absolute Gasteiger partial charge is 0.469 e. The van der Waals surface area contributed by atoms with Crippen molar-refractivity contribution in [2.45, 2.75) is 121 Å². The van der Waals surface area contributed by atoms with Crippen molar-refractivity contribution in [2.24, 2.45) is 44.3 Å². The number of nitriles is 1. The van der Waals surface area contributed by atoms with Crippen LogP contribution in [0.25, 0.3) is 0 Å². The number of ether oxygens (including phenoxy) is 1. The van der Waals surface area contributed by atoms with Gasteiger partial charge in [0.15, 0.2) is 11.6 Å². The molecule has 40 heavy (non-hydrogen) atoms. The number of carbonyl (C=O) groups is 3. The zero-order chi connectivity index (χ0) is 30.5. The van der Waals surface area contributed by atoms with Gasteiger partial charge in [-0.25, -0.2) is 0 Å². The minimum atomic E-state index is -0.690. The number of allylic oxidation sites excluding steroid dienone is 4. The number of hydrogen-bond donors (Lipinski definition) is 0. The van der Waals surface area contributed by atoms with Crippen LogP contribution in [0.15, 0.2) is 23.3 Å². The molecule has 0 radical (unpaired) electrons. The van der Waals surface area contributed by atoms with E-state index in [4.69, 9.17) is 4.74 Å². The standard InChI is InChI=1S/C35H53NO4/c1-23-19-30(3,4)14-16-35(23,21-28(38)40-11)17-15-31(5,6)34(10)13-12-26-32(7,8)29(39)25(22-36)20-33(26,9)27(34)18-24(2)37/h18,20,23,26H,12-17,19,21H2,1-11H3/b27-18-/t23?,26-,33-,34+,35+/m0/s1. The number of nitrogens with zero attached hydrogens (tertiary/aromatic N) is 1. The molecule has 0 spiro atoms. The van der Waals surface area contributed by atoms with E-state index in [1.807, 2.05) is 19.9 Å². The molecule has 2 fully saturated rings. The van der Waals surface area contributed by atoms with Crippen LogP contribution >= 0.6 is 0 Å². The predicted molar refractivity (Wildman–Crippen MR) is 159 cm³/mol. The molecule has 0 aromatic carbocycles. The number of carbonyl (C=O) groups excluding carboxylic acids is 3. The van der Waals surface area contributed by atoms with Crippen LogP contribution < -0.4 is 0 Å². The first-order chi connectivity index (χ1) is 18.2. The summed E-state index contributed by atoms with van der Waals surface area (Å²) in [5, 5.41) is 9.90. The molecule has 0 heterocycles. The second-order valence-electron chi connectivity index (χ2n) is 15.9. The fourth-order valence-electron chi connectivity index (χ4n) is 9.01. The van der Waals surface area contributed by atoms with Crippen molar-refractivity contribution in [3.8, 4) is 6.07 Å². The first-order valence-corrected chi connectivity index (χ1v) is 15.2. The Morgan fingerprint density at radius 2 is 1.75 bits per heavy atom. The van der Waals surface area contributed by atoms with Crippen molar-refractivity contribution in [3.63, 3.8) is 0 Å². The number of Topliss-reactive ketones (excluding diaryl/α,β-unsaturated/α-hetero) is 1. The van der Waals surface area contributed by atoms with Crippen LogP contribution in [0.5, 0.6) is 0 Å². The van der Waals surface area contributed by atoms with E-state index in [0.29, 0.717) is 12.3 Å². The monoisotopic (exact) mass is 551 g/mol. The highest BCUT2D eigenvalue weighted by Gasteiger charge is 2.61. The molecule has 0 bridgehead atoms. The maximum Gasteiger partial charge on any atom is 0.306 e. The van der Waals surface area contributed by atoms with Crippen molar-refractivity contribution in [1.82, 2.24) is 0 Å². The lowest BCUT2D eigenvalue weighted by atomic mass is 9.42. The van der Waals surface area contributed by atoms with Gasteiger partial charge in [0, 0.05) is 10.8 Å². The molecule has 5 atom stereocenters. The van der Waals surface area contributed by atoms with Gasteiger partial charge in [0.05, 0.1) is 19.1 Å². The lowest BCUT2D eigenvalue weighted by molar-refractivity contribution is -0.147. The first kappa shape index (κ1) is 32.3. The van der Waals surface area contributed by atoms with Crippen LogP contribution in [0.1, 0.15) is 121 Å². The highest BCUT2D eigenvalue weighted by atomic mass is 16.5. The third-order valence-corrected chi connectivity index (χ3v) is 12.1. The number of ketones is 2. The first-order valence-electron chi connectivity index (χ1n) is 15.2. The zero-order valence-corrected chi connectivity index (χ0v) is 27.0. The third-order valence-electron chi connectivity index (χ3n) is 12.1. The van der Waals surface area contributed by atoms with E-state index in [-0.39, 0.29) is 50.7 Å². The van der Waals surface area contributed by atoms with Crippen LogP contribution in [0.4, 0.5) is 0 Å². The quantitative estimate of drug-likeness (QED) is 0.235. The van der Waals surface area contributed by atoms with Gasteiger partial charge in [-0.2, -0.15) is 5.26 Å². The fourth-order valence-corrected chi connectivity index (χ4v) is 9.01. The topological polar surface area (TPSA) is 84.2 Å². The second kappa shape index (κ2) is 10.6. The molecule has 0 aromatic heterocycles. The number of esters is 1. The molecular formula is C35H53NO4. The summed E-state index contributed by atoms with van der Waals surface area (Å²) in [6.07, 6.45) is 10.8. The molecule has 5 nitrogen and oxygen atoms in total. The van der Waals surface area contributed by atoms with E-state index >= 15 is 0 Å². The molecule has 222 valence electrons. The van der Waals surface area contributed by atoms with Crippen molar-refractivity contribution in [1.29, 1.82) is 5.26 Å². The fraction of sp³-hybridized carbons (Fsp3) is 0.771. The van der Waals surface area contributed by atoms with E-state index in [9.17, 15) is 19.6 Å². The molecular weight excluding hydrogens is 498 g/mol. The molecule has 2 saturated carbocycles. The molecule has 3 aliphatic rings. The zero-order valence-electron chi connectivity index (χ0n) is 27.0. The Hall–Kier alpha value is -2.22. The Morgan fingerprint density at radius 3 is 2.27 bits per heavy atom. The minimum absolute atomic E-state index is 0.00494. The average molecular weight is 552 g/mol. The van der Waals surface area contributed by atoms with Crippen molar-refractivity contribution in [3.05, 3.63) is 23.3 Å². The lowest BCUT2D eigenvalue weighted by Crippen LogP contribution is -2.56. The number of methoxy groups -OCH3 is 1. The molecule has 3 aliphatic carbocycles. The maximum absolute atomic E-state index is 13.2. The molecule has 3 rings (SSSR count). The highest BCUT2D eigenvalue weighted by molar-refractivity contribution is 6.04. The van der Waals surface area contributed by atoms with Gasteiger partial charge in [-0.15, -0.1) is 0 Å². The predicted octanol–water partition coefficient (Wildman–Crippen LogP) is 8.19. The summed E-state index contributed by atoms with van der Waals surface area (Å²) in [5.74, 6) is 0.160. The molecule has 0 amide bonds. The Labute approximate surface area is 243 Å². The van der Waals surface area contributed by atoms with Crippen LogP contribution in [0.2, 0.25) is 0 Å². The molecule has 0 N–H and O–H groups in total. The average Bonchev–Trinajstić information content (AvgIpc) is 2.84. The lowest BCUT2D eigenvalue weighted by Gasteiger charge is -2.61. The van der Waals surface area contributed by atoms with Gasteiger partial charge < -0.3 is 4.74 Å². The summed E-state index contributed by atoms with van der Waals surface area (Å²) in [4.78, 5) is 38.7. The smallest absolute Gasteiger partial charge is 0.306 e. The molecule has 1 unspecified atom stereocenters. The Bertz CT molecular complexity index is 1160. The summed E-state index contributed by atoms with van der Waals surface area (Å²) in [7, 11) is 1.48. The van der Waals surface area contributed by atoms with E-state index in [0.717, 1.165) is 50.5 Å². The van der Waals surface area contributed by atoms with Gasteiger partial charge in [0.2, 0.25) is 0 Å². The van der Waals surface area contributed by atoms with E-state index in [2.05, 4.69) is 54.5 Å². The van der Waals surface area contributed by atoms with Gasteiger partial charge in [0.1, 0.15) is 6.07 Å². The molecule has 0 saturated heterocycles. The Morgan fingerprint density at radius 1 is 1.12 bits per heavy atom. The molecule has 5 heteroatoms. The van der Waals surface area contributed by atoms with Crippen LogP contribution in [-0.4, -0.2) is 24.6 Å². The summed E-state index contributed by atoms with van der Waals surface area (Å²) >= 11 is 0. The summed E-state index contributed by atoms with van der Waals surface area (Å²) in [6.45, 7) is 21.5. The Balaban J connectivity index is 2.07. The third kappa shape index (κ3) is 5.37. The number of rotatable bonds is 7. The Kier molecular flexibility index (Phi) is 8.53. The summed E-state index contributed by atoms with van der Waals surface area (Å²) in [6, 6.07) is 2.17. The maximum atomic E-state index is 13.2. The van der Waals surface area contributed by atoms with Gasteiger partial charge in [-0.1, -0.05) is 74.0 Å². The number of fused-ring (bicyclic) bond motifs is 1.